The highest BCUT2D eigenvalue weighted by Gasteiger charge is 2.10. The number of benzene rings is 3. The molecule has 0 radical (unpaired) electrons. The van der Waals surface area contributed by atoms with Crippen LogP contribution in [0.25, 0.3) is 28.7 Å². The van der Waals surface area contributed by atoms with Crippen molar-refractivity contribution in [3.8, 4) is 5.69 Å². The van der Waals surface area contributed by atoms with E-state index in [2.05, 4.69) is 4.98 Å². The molecular weight excluding hydrogens is 379 g/mol. The number of aromatic nitrogens is 2. The molecule has 0 amide bonds. The van der Waals surface area contributed by atoms with Crippen LogP contribution in [0.5, 0.6) is 0 Å². The van der Waals surface area contributed by atoms with Crippen molar-refractivity contribution in [2.45, 2.75) is 0 Å². The van der Waals surface area contributed by atoms with Crippen LogP contribution in [0.3, 0.4) is 0 Å². The Morgan fingerprint density at radius 1 is 0.815 bits per heavy atom. The van der Waals surface area contributed by atoms with Crippen molar-refractivity contribution < 1.29 is 0 Å². The topological polar surface area (TPSA) is 34.9 Å². The fourth-order valence-corrected chi connectivity index (χ4v) is 3.18. The summed E-state index contributed by atoms with van der Waals surface area (Å²) in [6.07, 6.45) is 3.67. The molecule has 3 nitrogen and oxygen atoms in total. The molecule has 0 spiro atoms. The van der Waals surface area contributed by atoms with E-state index in [0.717, 1.165) is 11.3 Å². The second-order valence-electron chi connectivity index (χ2n) is 5.97. The highest BCUT2D eigenvalue weighted by molar-refractivity contribution is 6.42. The number of hydrogen-bond acceptors (Lipinski definition) is 2. The van der Waals surface area contributed by atoms with E-state index in [0.29, 0.717) is 26.8 Å². The van der Waals surface area contributed by atoms with Crippen LogP contribution < -0.4 is 5.56 Å². The van der Waals surface area contributed by atoms with E-state index in [9.17, 15) is 4.79 Å². The summed E-state index contributed by atoms with van der Waals surface area (Å²) in [4.78, 5) is 17.8. The molecule has 0 atom stereocenters. The third-order valence-electron chi connectivity index (χ3n) is 4.18. The first kappa shape index (κ1) is 17.5. The summed E-state index contributed by atoms with van der Waals surface area (Å²) in [5, 5.41) is 1.55. The molecule has 1 aromatic heterocycles. The first-order valence-corrected chi connectivity index (χ1v) is 9.09. The molecule has 0 aliphatic rings. The van der Waals surface area contributed by atoms with E-state index in [1.54, 1.807) is 28.8 Å². The Balaban J connectivity index is 1.92. The molecule has 4 aromatic rings. The molecule has 0 unspecified atom stereocenters. The van der Waals surface area contributed by atoms with Crippen LogP contribution in [-0.4, -0.2) is 9.55 Å². The molecule has 4 rings (SSSR count). The van der Waals surface area contributed by atoms with Gasteiger partial charge >= 0.3 is 0 Å². The van der Waals surface area contributed by atoms with Crippen molar-refractivity contribution in [2.24, 2.45) is 0 Å². The minimum atomic E-state index is -0.111. The maximum Gasteiger partial charge on any atom is 0.266 e. The lowest BCUT2D eigenvalue weighted by Gasteiger charge is -2.11. The molecule has 0 aliphatic heterocycles. The summed E-state index contributed by atoms with van der Waals surface area (Å²) in [5.74, 6) is 0.538. The summed E-state index contributed by atoms with van der Waals surface area (Å²) >= 11 is 12.1. The average molecular weight is 393 g/mol. The molecule has 132 valence electrons. The predicted octanol–water partition coefficient (Wildman–Crippen LogP) is 5.86. The van der Waals surface area contributed by atoms with E-state index in [4.69, 9.17) is 23.2 Å². The summed E-state index contributed by atoms with van der Waals surface area (Å²) < 4.78 is 1.61. The Labute approximate surface area is 166 Å². The van der Waals surface area contributed by atoms with Gasteiger partial charge in [-0.15, -0.1) is 0 Å². The maximum absolute atomic E-state index is 13.1. The third-order valence-corrected chi connectivity index (χ3v) is 4.92. The SMILES string of the molecule is O=c1c2ccccc2nc(/C=C/c2ccc(Cl)c(Cl)c2)n1-c1ccccc1. The van der Waals surface area contributed by atoms with Crippen molar-refractivity contribution in [3.63, 3.8) is 0 Å². The minimum Gasteiger partial charge on any atom is -0.268 e. The number of para-hydroxylation sites is 2. The lowest BCUT2D eigenvalue weighted by molar-refractivity contribution is 0.944. The van der Waals surface area contributed by atoms with Crippen LogP contribution in [0, 0.1) is 0 Å². The fourth-order valence-electron chi connectivity index (χ4n) is 2.88. The number of fused-ring (bicyclic) bond motifs is 1. The Morgan fingerprint density at radius 2 is 1.56 bits per heavy atom. The third kappa shape index (κ3) is 3.52. The van der Waals surface area contributed by atoms with Crippen molar-refractivity contribution in [3.05, 3.63) is 105 Å². The van der Waals surface area contributed by atoms with E-state index < -0.39 is 0 Å². The zero-order chi connectivity index (χ0) is 18.8. The molecule has 5 heteroatoms. The van der Waals surface area contributed by atoms with E-state index in [1.165, 1.54) is 0 Å². The summed E-state index contributed by atoms with van der Waals surface area (Å²) in [6, 6.07) is 22.2. The number of halogens is 2. The summed E-state index contributed by atoms with van der Waals surface area (Å²) in [6.45, 7) is 0. The molecule has 0 N–H and O–H groups in total. The van der Waals surface area contributed by atoms with Gasteiger partial charge in [-0.25, -0.2) is 4.98 Å². The van der Waals surface area contributed by atoms with Crippen molar-refractivity contribution in [1.29, 1.82) is 0 Å². The van der Waals surface area contributed by atoms with Gasteiger partial charge in [0.25, 0.3) is 5.56 Å². The lowest BCUT2D eigenvalue weighted by Crippen LogP contribution is -2.22. The van der Waals surface area contributed by atoms with Crippen LogP contribution in [0.2, 0.25) is 10.0 Å². The Morgan fingerprint density at radius 3 is 2.33 bits per heavy atom. The van der Waals surface area contributed by atoms with Gasteiger partial charge in [0.1, 0.15) is 5.82 Å². The predicted molar refractivity (Wildman–Crippen MR) is 113 cm³/mol. The largest absolute Gasteiger partial charge is 0.268 e. The monoisotopic (exact) mass is 392 g/mol. The van der Waals surface area contributed by atoms with Gasteiger partial charge in [0.2, 0.25) is 0 Å². The number of hydrogen-bond donors (Lipinski definition) is 0. The highest BCUT2D eigenvalue weighted by atomic mass is 35.5. The number of rotatable bonds is 3. The van der Waals surface area contributed by atoms with Crippen molar-refractivity contribution in [2.75, 3.05) is 0 Å². The van der Waals surface area contributed by atoms with E-state index in [-0.39, 0.29) is 5.56 Å². The minimum absolute atomic E-state index is 0.111. The maximum atomic E-state index is 13.1. The van der Waals surface area contributed by atoms with Crippen LogP contribution in [0.15, 0.2) is 77.6 Å². The van der Waals surface area contributed by atoms with Crippen LogP contribution >= 0.6 is 23.2 Å². The molecule has 0 fully saturated rings. The smallest absolute Gasteiger partial charge is 0.266 e. The van der Waals surface area contributed by atoms with Gasteiger partial charge in [0.05, 0.1) is 26.6 Å². The molecule has 27 heavy (non-hydrogen) atoms. The quantitative estimate of drug-likeness (QED) is 0.437. The van der Waals surface area contributed by atoms with Crippen molar-refractivity contribution in [1.82, 2.24) is 9.55 Å². The molecule has 0 saturated carbocycles. The van der Waals surface area contributed by atoms with Crippen molar-refractivity contribution >= 4 is 46.3 Å². The average Bonchev–Trinajstić information content (AvgIpc) is 2.70. The van der Waals surface area contributed by atoms with E-state index >= 15 is 0 Å². The van der Waals surface area contributed by atoms with Gasteiger partial charge in [-0.1, -0.05) is 65.7 Å². The molecule has 0 saturated heterocycles. The van der Waals surface area contributed by atoms with Gasteiger partial charge in [-0.3, -0.25) is 9.36 Å². The summed E-state index contributed by atoms with van der Waals surface area (Å²) in [7, 11) is 0. The van der Waals surface area contributed by atoms with Gasteiger partial charge < -0.3 is 0 Å². The van der Waals surface area contributed by atoms with E-state index in [1.807, 2.05) is 60.7 Å². The van der Waals surface area contributed by atoms with Crippen LogP contribution in [-0.2, 0) is 0 Å². The van der Waals surface area contributed by atoms with Gasteiger partial charge in [0, 0.05) is 0 Å². The van der Waals surface area contributed by atoms with Crippen LogP contribution in [0.4, 0.5) is 0 Å². The van der Waals surface area contributed by atoms with Gasteiger partial charge in [-0.05, 0) is 48.0 Å². The molecular formula is C22H14Cl2N2O. The first-order chi connectivity index (χ1) is 13.1. The Kier molecular flexibility index (Phi) is 4.80. The second kappa shape index (κ2) is 7.39. The molecule has 0 aliphatic carbocycles. The highest BCUT2D eigenvalue weighted by Crippen LogP contribution is 2.23. The summed E-state index contributed by atoms with van der Waals surface area (Å²) in [5.41, 5.74) is 2.17. The molecule has 1 heterocycles. The second-order valence-corrected chi connectivity index (χ2v) is 6.78. The molecule has 0 bridgehead atoms. The van der Waals surface area contributed by atoms with Gasteiger partial charge in [0.15, 0.2) is 0 Å². The van der Waals surface area contributed by atoms with Crippen LogP contribution in [0.1, 0.15) is 11.4 Å². The molecule has 3 aromatic carbocycles. The normalized spacial score (nSPS) is 11.3. The van der Waals surface area contributed by atoms with Gasteiger partial charge in [-0.2, -0.15) is 0 Å². The zero-order valence-electron chi connectivity index (χ0n) is 14.1. The lowest BCUT2D eigenvalue weighted by atomic mass is 10.2. The zero-order valence-corrected chi connectivity index (χ0v) is 15.7. The standard InChI is InChI=1S/C22H14Cl2N2O/c23-18-12-10-15(14-19(18)24)11-13-21-25-20-9-5-4-8-17(20)22(27)26(21)16-6-2-1-3-7-16/h1-14H/b13-11+. The Bertz CT molecular complexity index is 1210. The Hall–Kier alpha value is -2.88. The number of nitrogens with zero attached hydrogens (tertiary/aromatic N) is 2. The fraction of sp³-hybridized carbons (Fsp3) is 0. The first-order valence-electron chi connectivity index (χ1n) is 8.34.